The summed E-state index contributed by atoms with van der Waals surface area (Å²) in [6.45, 7) is 5.76. The molecule has 3 rings (SSSR count). The van der Waals surface area contributed by atoms with Gasteiger partial charge in [0.15, 0.2) is 11.5 Å². The molecule has 1 N–H and O–H groups in total. The zero-order chi connectivity index (χ0) is 31.6. The highest BCUT2D eigenvalue weighted by Crippen LogP contribution is 2.34. The minimum absolute atomic E-state index is 0.0148. The third kappa shape index (κ3) is 8.41. The number of carbonyl (C=O) groups excluding carboxylic acids is 2. The van der Waals surface area contributed by atoms with E-state index in [-0.39, 0.29) is 29.0 Å². The summed E-state index contributed by atoms with van der Waals surface area (Å²) in [5, 5.41) is 2.93. The molecule has 11 heteroatoms. The van der Waals surface area contributed by atoms with Gasteiger partial charge in [-0.3, -0.25) is 13.9 Å². The number of carbonyl (C=O) groups is 2. The number of sulfonamides is 1. The zero-order valence-electron chi connectivity index (χ0n) is 25.6. The van der Waals surface area contributed by atoms with Gasteiger partial charge in [0, 0.05) is 19.2 Å². The number of nitrogens with one attached hydrogen (secondary N) is 1. The Kier molecular flexibility index (Phi) is 11.8. The van der Waals surface area contributed by atoms with Crippen molar-refractivity contribution >= 4 is 27.5 Å². The Morgan fingerprint density at radius 1 is 0.860 bits per heavy atom. The van der Waals surface area contributed by atoms with Gasteiger partial charge >= 0.3 is 0 Å². The SMILES string of the molecule is CC[C@H](C(=O)NCC(C)C)N(Cc1ccc(OC)cc1)C(=O)CN(c1ccc(OC)c(OC)c1)S(=O)(=O)c1ccccc1. The number of amides is 2. The normalized spacial score (nSPS) is 11.9. The third-order valence-electron chi connectivity index (χ3n) is 6.85. The van der Waals surface area contributed by atoms with E-state index in [2.05, 4.69) is 5.32 Å². The molecule has 0 radical (unpaired) electrons. The number of benzene rings is 3. The van der Waals surface area contributed by atoms with E-state index in [0.717, 1.165) is 9.87 Å². The van der Waals surface area contributed by atoms with Crippen LogP contribution < -0.4 is 23.8 Å². The van der Waals surface area contributed by atoms with Gasteiger partial charge in [0.1, 0.15) is 18.3 Å². The van der Waals surface area contributed by atoms with Gasteiger partial charge < -0.3 is 24.4 Å². The Morgan fingerprint density at radius 3 is 2.07 bits per heavy atom. The highest BCUT2D eigenvalue weighted by atomic mass is 32.2. The lowest BCUT2D eigenvalue weighted by Crippen LogP contribution is -2.52. The molecule has 232 valence electrons. The van der Waals surface area contributed by atoms with Gasteiger partial charge in [0.2, 0.25) is 11.8 Å². The standard InChI is InChI=1S/C32H41N3O7S/c1-7-28(32(37)33-20-23(2)3)34(21-24-13-16-26(40-4)17-14-24)31(36)22-35(43(38,39)27-11-9-8-10-12-27)25-15-18-29(41-5)30(19-25)42-6/h8-19,23,28H,7,20-22H2,1-6H3,(H,33,37)/t28-/m1/s1. The lowest BCUT2D eigenvalue weighted by Gasteiger charge is -2.33. The number of hydrogen-bond donors (Lipinski definition) is 1. The first-order valence-corrected chi connectivity index (χ1v) is 15.5. The van der Waals surface area contributed by atoms with Crippen LogP contribution >= 0.6 is 0 Å². The van der Waals surface area contributed by atoms with E-state index in [4.69, 9.17) is 14.2 Å². The van der Waals surface area contributed by atoms with Crippen molar-refractivity contribution in [2.75, 3.05) is 38.7 Å². The molecule has 0 heterocycles. The van der Waals surface area contributed by atoms with Crippen LogP contribution in [0.15, 0.2) is 77.7 Å². The maximum Gasteiger partial charge on any atom is 0.264 e. The number of anilines is 1. The van der Waals surface area contributed by atoms with Crippen molar-refractivity contribution in [2.24, 2.45) is 5.92 Å². The Bertz CT molecular complexity index is 1460. The second-order valence-corrected chi connectivity index (χ2v) is 12.2. The molecule has 0 saturated carbocycles. The minimum Gasteiger partial charge on any atom is -0.497 e. The molecule has 3 aromatic rings. The third-order valence-corrected chi connectivity index (χ3v) is 8.64. The van der Waals surface area contributed by atoms with Gasteiger partial charge in [0.05, 0.1) is 31.9 Å². The molecule has 0 aromatic heterocycles. The van der Waals surface area contributed by atoms with Gasteiger partial charge in [-0.05, 0) is 54.3 Å². The van der Waals surface area contributed by atoms with Gasteiger partial charge in [0.25, 0.3) is 10.0 Å². The largest absolute Gasteiger partial charge is 0.497 e. The molecular formula is C32H41N3O7S. The minimum atomic E-state index is -4.21. The summed E-state index contributed by atoms with van der Waals surface area (Å²) in [6, 6.07) is 18.8. The lowest BCUT2D eigenvalue weighted by molar-refractivity contribution is -0.140. The Balaban J connectivity index is 2.08. The fourth-order valence-corrected chi connectivity index (χ4v) is 5.93. The first kappa shape index (κ1) is 33.3. The van der Waals surface area contributed by atoms with E-state index in [1.165, 1.54) is 37.3 Å². The molecule has 2 amide bonds. The predicted octanol–water partition coefficient (Wildman–Crippen LogP) is 4.49. The van der Waals surface area contributed by atoms with Crippen molar-refractivity contribution in [1.29, 1.82) is 0 Å². The van der Waals surface area contributed by atoms with Crippen LogP contribution in [0, 0.1) is 5.92 Å². The predicted molar refractivity (Wildman–Crippen MR) is 166 cm³/mol. The number of hydrogen-bond acceptors (Lipinski definition) is 7. The van der Waals surface area contributed by atoms with Crippen LogP contribution in [0.25, 0.3) is 0 Å². The van der Waals surface area contributed by atoms with E-state index < -0.39 is 28.5 Å². The molecule has 0 fully saturated rings. The van der Waals surface area contributed by atoms with Crippen LogP contribution in [0.4, 0.5) is 5.69 Å². The molecule has 1 atom stereocenters. The molecule has 0 unspecified atom stereocenters. The Hall–Kier alpha value is -4.25. The van der Waals surface area contributed by atoms with Crippen molar-refractivity contribution in [3.8, 4) is 17.2 Å². The molecule has 0 bridgehead atoms. The second-order valence-electron chi connectivity index (χ2n) is 10.3. The zero-order valence-corrected chi connectivity index (χ0v) is 26.4. The first-order chi connectivity index (χ1) is 20.5. The van der Waals surface area contributed by atoms with E-state index in [9.17, 15) is 18.0 Å². The smallest absolute Gasteiger partial charge is 0.264 e. The number of rotatable bonds is 15. The van der Waals surface area contributed by atoms with Crippen molar-refractivity contribution in [2.45, 2.75) is 44.7 Å². The Labute approximate surface area is 254 Å². The van der Waals surface area contributed by atoms with Crippen LogP contribution in [0.1, 0.15) is 32.8 Å². The Morgan fingerprint density at radius 2 is 1.51 bits per heavy atom. The van der Waals surface area contributed by atoms with Crippen molar-refractivity contribution < 1.29 is 32.2 Å². The molecule has 3 aromatic carbocycles. The maximum atomic E-state index is 14.2. The quantitative estimate of drug-likeness (QED) is 0.269. The lowest BCUT2D eigenvalue weighted by atomic mass is 10.1. The van der Waals surface area contributed by atoms with Crippen LogP contribution in [-0.4, -0.2) is 65.6 Å². The van der Waals surface area contributed by atoms with Gasteiger partial charge in [-0.2, -0.15) is 0 Å². The number of nitrogens with zero attached hydrogens (tertiary/aromatic N) is 2. The highest BCUT2D eigenvalue weighted by molar-refractivity contribution is 7.92. The number of methoxy groups -OCH3 is 3. The summed E-state index contributed by atoms with van der Waals surface area (Å²) in [5.74, 6) is 0.720. The molecule has 0 aliphatic rings. The highest BCUT2D eigenvalue weighted by Gasteiger charge is 2.34. The summed E-state index contributed by atoms with van der Waals surface area (Å²) in [7, 11) is 0.275. The number of ether oxygens (including phenoxy) is 3. The fourth-order valence-electron chi connectivity index (χ4n) is 4.50. The molecule has 0 spiro atoms. The second kappa shape index (κ2) is 15.3. The van der Waals surface area contributed by atoms with E-state index in [1.807, 2.05) is 32.9 Å². The van der Waals surface area contributed by atoms with Crippen molar-refractivity contribution in [1.82, 2.24) is 10.2 Å². The molecule has 0 aliphatic carbocycles. The van der Waals surface area contributed by atoms with Gasteiger partial charge in [-0.15, -0.1) is 0 Å². The maximum absolute atomic E-state index is 14.2. The summed E-state index contributed by atoms with van der Waals surface area (Å²) in [6.07, 6.45) is 0.327. The van der Waals surface area contributed by atoms with Crippen LogP contribution in [0.3, 0.4) is 0 Å². The van der Waals surface area contributed by atoms with Crippen molar-refractivity contribution in [3.63, 3.8) is 0 Å². The van der Waals surface area contributed by atoms with E-state index in [1.54, 1.807) is 49.6 Å². The molecule has 43 heavy (non-hydrogen) atoms. The average Bonchev–Trinajstić information content (AvgIpc) is 3.02. The summed E-state index contributed by atoms with van der Waals surface area (Å²) >= 11 is 0. The van der Waals surface area contributed by atoms with Crippen LogP contribution in [-0.2, 0) is 26.2 Å². The molecule has 0 saturated heterocycles. The summed E-state index contributed by atoms with van der Waals surface area (Å²) < 4.78 is 45.1. The molecule has 0 aliphatic heterocycles. The first-order valence-electron chi connectivity index (χ1n) is 14.1. The fraction of sp³-hybridized carbons (Fsp3) is 0.375. The van der Waals surface area contributed by atoms with E-state index >= 15 is 0 Å². The van der Waals surface area contributed by atoms with Crippen molar-refractivity contribution in [3.05, 3.63) is 78.4 Å². The van der Waals surface area contributed by atoms with Gasteiger partial charge in [-0.1, -0.05) is 51.1 Å². The molecule has 10 nitrogen and oxygen atoms in total. The summed E-state index contributed by atoms with van der Waals surface area (Å²) in [5.41, 5.74) is 0.962. The van der Waals surface area contributed by atoms with Gasteiger partial charge in [-0.25, -0.2) is 8.42 Å². The van der Waals surface area contributed by atoms with Crippen LogP contribution in [0.2, 0.25) is 0 Å². The average molecular weight is 612 g/mol. The van der Waals surface area contributed by atoms with Crippen LogP contribution in [0.5, 0.6) is 17.2 Å². The monoisotopic (exact) mass is 611 g/mol. The van der Waals surface area contributed by atoms with E-state index in [0.29, 0.717) is 30.2 Å². The molecular weight excluding hydrogens is 570 g/mol. The summed E-state index contributed by atoms with van der Waals surface area (Å²) in [4.78, 5) is 29.0. The topological polar surface area (TPSA) is 114 Å².